The molecule has 5 heteroatoms. The second-order valence-corrected chi connectivity index (χ2v) is 6.30. The fourth-order valence-electron chi connectivity index (χ4n) is 1.80. The number of rotatable bonds is 4. The first kappa shape index (κ1) is 11.7. The Hall–Kier alpha value is -0.390. The lowest BCUT2D eigenvalue weighted by atomic mass is 9.96. The van der Waals surface area contributed by atoms with E-state index in [1.165, 1.54) is 0 Å². The summed E-state index contributed by atoms with van der Waals surface area (Å²) in [4.78, 5) is 0. The van der Waals surface area contributed by atoms with Crippen LogP contribution in [0.25, 0.3) is 0 Å². The Morgan fingerprint density at radius 1 is 1.71 bits per heavy atom. The van der Waals surface area contributed by atoms with Crippen LogP contribution < -0.4 is 11.3 Å². The van der Waals surface area contributed by atoms with Gasteiger partial charge in [-0.2, -0.15) is 0 Å². The summed E-state index contributed by atoms with van der Waals surface area (Å²) in [6, 6.07) is 0.0355. The first-order chi connectivity index (χ1) is 6.44. The third-order valence-corrected chi connectivity index (χ3v) is 4.53. The molecule has 0 aromatic heterocycles. The molecule has 0 bridgehead atoms. The van der Waals surface area contributed by atoms with Crippen LogP contribution in [0.1, 0.15) is 19.8 Å². The van der Waals surface area contributed by atoms with Gasteiger partial charge in [0.2, 0.25) is 0 Å². The minimum Gasteiger partial charge on any atom is -0.271 e. The number of nitrogens with one attached hydrogen (secondary N) is 1. The average Bonchev–Trinajstić information content (AvgIpc) is 2.41. The summed E-state index contributed by atoms with van der Waals surface area (Å²) in [7, 11) is -2.77. The summed E-state index contributed by atoms with van der Waals surface area (Å²) >= 11 is 0. The zero-order valence-corrected chi connectivity index (χ0v) is 9.31. The monoisotopic (exact) mass is 218 g/mol. The van der Waals surface area contributed by atoms with Crippen molar-refractivity contribution in [3.8, 4) is 0 Å². The predicted molar refractivity (Wildman–Crippen MR) is 57.3 cm³/mol. The van der Waals surface area contributed by atoms with Gasteiger partial charge in [0.05, 0.1) is 11.5 Å². The van der Waals surface area contributed by atoms with Crippen molar-refractivity contribution in [3.63, 3.8) is 0 Å². The van der Waals surface area contributed by atoms with Crippen molar-refractivity contribution in [3.05, 3.63) is 12.2 Å². The van der Waals surface area contributed by atoms with E-state index in [4.69, 9.17) is 5.84 Å². The molecule has 0 radical (unpaired) electrons. The SMILES string of the molecule is C=C(C)C(CC1CCS(=O)(=O)C1)NN. The predicted octanol–water partition coefficient (Wildman–Crippen LogP) is 0.219. The number of hydrogen-bond acceptors (Lipinski definition) is 4. The third kappa shape index (κ3) is 3.08. The van der Waals surface area contributed by atoms with E-state index in [1.807, 2.05) is 6.92 Å². The van der Waals surface area contributed by atoms with Gasteiger partial charge in [-0.3, -0.25) is 11.3 Å². The smallest absolute Gasteiger partial charge is 0.150 e. The first-order valence-corrected chi connectivity index (χ1v) is 6.58. The molecule has 0 saturated carbocycles. The van der Waals surface area contributed by atoms with E-state index in [1.54, 1.807) is 0 Å². The lowest BCUT2D eigenvalue weighted by Crippen LogP contribution is -2.37. The van der Waals surface area contributed by atoms with Gasteiger partial charge in [-0.05, 0) is 25.7 Å². The van der Waals surface area contributed by atoms with Gasteiger partial charge in [-0.25, -0.2) is 8.42 Å². The highest BCUT2D eigenvalue weighted by Crippen LogP contribution is 2.24. The molecule has 3 N–H and O–H groups in total. The molecular weight excluding hydrogens is 200 g/mol. The van der Waals surface area contributed by atoms with Gasteiger partial charge < -0.3 is 0 Å². The van der Waals surface area contributed by atoms with Crippen molar-refractivity contribution >= 4 is 9.84 Å². The third-order valence-electron chi connectivity index (χ3n) is 2.69. The second kappa shape index (κ2) is 4.42. The van der Waals surface area contributed by atoms with Crippen LogP contribution in [0.15, 0.2) is 12.2 Å². The summed E-state index contributed by atoms with van der Waals surface area (Å²) < 4.78 is 22.4. The lowest BCUT2D eigenvalue weighted by molar-refractivity contribution is 0.447. The van der Waals surface area contributed by atoms with E-state index in [0.717, 1.165) is 18.4 Å². The maximum Gasteiger partial charge on any atom is 0.150 e. The molecular formula is C9H18N2O2S. The van der Waals surface area contributed by atoms with Crippen molar-refractivity contribution in [2.75, 3.05) is 11.5 Å². The summed E-state index contributed by atoms with van der Waals surface area (Å²) in [5.41, 5.74) is 3.62. The second-order valence-electron chi connectivity index (χ2n) is 4.07. The molecule has 82 valence electrons. The average molecular weight is 218 g/mol. The Morgan fingerprint density at radius 2 is 2.36 bits per heavy atom. The molecule has 1 aliphatic heterocycles. The zero-order chi connectivity index (χ0) is 10.8. The highest BCUT2D eigenvalue weighted by Gasteiger charge is 2.29. The highest BCUT2D eigenvalue weighted by atomic mass is 32.2. The largest absolute Gasteiger partial charge is 0.271 e. The van der Waals surface area contributed by atoms with E-state index in [0.29, 0.717) is 11.5 Å². The van der Waals surface area contributed by atoms with Crippen LogP contribution in [0, 0.1) is 5.92 Å². The van der Waals surface area contributed by atoms with Crippen LogP contribution in [0.5, 0.6) is 0 Å². The Balaban J connectivity index is 2.50. The molecule has 2 unspecified atom stereocenters. The molecule has 1 heterocycles. The van der Waals surface area contributed by atoms with Crippen LogP contribution in [0.4, 0.5) is 0 Å². The Bertz CT molecular complexity index is 311. The van der Waals surface area contributed by atoms with E-state index >= 15 is 0 Å². The molecule has 0 aliphatic carbocycles. The summed E-state index contributed by atoms with van der Waals surface area (Å²) in [6.45, 7) is 5.71. The van der Waals surface area contributed by atoms with Gasteiger partial charge in [0.25, 0.3) is 0 Å². The Morgan fingerprint density at radius 3 is 2.71 bits per heavy atom. The van der Waals surface area contributed by atoms with Gasteiger partial charge in [-0.1, -0.05) is 12.2 Å². The molecule has 2 atom stereocenters. The van der Waals surface area contributed by atoms with Gasteiger partial charge >= 0.3 is 0 Å². The molecule has 1 fully saturated rings. The first-order valence-electron chi connectivity index (χ1n) is 4.76. The van der Waals surface area contributed by atoms with Crippen molar-refractivity contribution in [2.24, 2.45) is 11.8 Å². The van der Waals surface area contributed by atoms with Crippen molar-refractivity contribution in [1.82, 2.24) is 5.43 Å². The highest BCUT2D eigenvalue weighted by molar-refractivity contribution is 7.91. The summed E-state index contributed by atoms with van der Waals surface area (Å²) in [5.74, 6) is 6.22. The van der Waals surface area contributed by atoms with Crippen LogP contribution in [-0.4, -0.2) is 26.0 Å². The fraction of sp³-hybridized carbons (Fsp3) is 0.778. The minimum atomic E-state index is -2.77. The Kier molecular flexibility index (Phi) is 3.69. The van der Waals surface area contributed by atoms with Gasteiger partial charge in [0.15, 0.2) is 9.84 Å². The van der Waals surface area contributed by atoms with Gasteiger partial charge in [0.1, 0.15) is 0 Å². The maximum absolute atomic E-state index is 11.2. The summed E-state index contributed by atoms with van der Waals surface area (Å²) in [5, 5.41) is 0. The van der Waals surface area contributed by atoms with Crippen molar-refractivity contribution in [1.29, 1.82) is 0 Å². The lowest BCUT2D eigenvalue weighted by Gasteiger charge is -2.18. The topological polar surface area (TPSA) is 72.2 Å². The molecule has 14 heavy (non-hydrogen) atoms. The van der Waals surface area contributed by atoms with Crippen LogP contribution in [-0.2, 0) is 9.84 Å². The Labute approximate surface area is 85.4 Å². The molecule has 0 amide bonds. The number of hydrazine groups is 1. The molecule has 1 aliphatic rings. The number of nitrogens with two attached hydrogens (primary N) is 1. The van der Waals surface area contributed by atoms with Crippen LogP contribution >= 0.6 is 0 Å². The fourth-order valence-corrected chi connectivity index (χ4v) is 3.68. The van der Waals surface area contributed by atoms with E-state index in [-0.39, 0.29) is 12.0 Å². The van der Waals surface area contributed by atoms with Crippen LogP contribution in [0.2, 0.25) is 0 Å². The maximum atomic E-state index is 11.2. The van der Waals surface area contributed by atoms with E-state index in [9.17, 15) is 8.42 Å². The van der Waals surface area contributed by atoms with Crippen molar-refractivity contribution in [2.45, 2.75) is 25.8 Å². The molecule has 1 rings (SSSR count). The molecule has 4 nitrogen and oxygen atoms in total. The quantitative estimate of drug-likeness (QED) is 0.402. The molecule has 0 aromatic carbocycles. The molecule has 1 saturated heterocycles. The molecule has 0 aromatic rings. The van der Waals surface area contributed by atoms with E-state index < -0.39 is 9.84 Å². The van der Waals surface area contributed by atoms with Gasteiger partial charge in [-0.15, -0.1) is 0 Å². The zero-order valence-electron chi connectivity index (χ0n) is 8.49. The summed E-state index contributed by atoms with van der Waals surface area (Å²) in [6.07, 6.45) is 1.53. The standard InChI is InChI=1S/C9H18N2O2S/c1-7(2)9(11-10)5-8-3-4-14(12,13)6-8/h8-9,11H,1,3-6,10H2,2H3. The number of hydrogen-bond donors (Lipinski definition) is 2. The van der Waals surface area contributed by atoms with Crippen molar-refractivity contribution < 1.29 is 8.42 Å². The van der Waals surface area contributed by atoms with Crippen LogP contribution in [0.3, 0.4) is 0 Å². The van der Waals surface area contributed by atoms with Gasteiger partial charge in [0, 0.05) is 6.04 Å². The minimum absolute atomic E-state index is 0.0355. The van der Waals surface area contributed by atoms with E-state index in [2.05, 4.69) is 12.0 Å². The number of sulfone groups is 1. The normalized spacial score (nSPS) is 27.4. The molecule has 0 spiro atoms.